The van der Waals surface area contributed by atoms with E-state index < -0.39 is 24.1 Å². The van der Waals surface area contributed by atoms with Crippen LogP contribution in [0.25, 0.3) is 0 Å². The van der Waals surface area contributed by atoms with Crippen LogP contribution in [0.4, 0.5) is 4.79 Å². The van der Waals surface area contributed by atoms with E-state index in [2.05, 4.69) is 16.0 Å². The van der Waals surface area contributed by atoms with Crippen molar-refractivity contribution in [3.05, 3.63) is 48.0 Å². The van der Waals surface area contributed by atoms with Gasteiger partial charge in [0.1, 0.15) is 13.2 Å². The number of cyclic esters (lactones) is 1. The fraction of sp³-hybridized carbons (Fsp3) is 0.556. The van der Waals surface area contributed by atoms with Crippen LogP contribution >= 0.6 is 0 Å². The molecule has 1 aliphatic heterocycles. The number of aliphatic hydroxyl groups excluding tert-OH is 1. The lowest BCUT2D eigenvalue weighted by Gasteiger charge is -2.23. The molecule has 204 valence electrons. The molecule has 37 heavy (non-hydrogen) atoms. The maximum atomic E-state index is 13.0. The summed E-state index contributed by atoms with van der Waals surface area (Å²) in [4.78, 5) is 49.2. The summed E-state index contributed by atoms with van der Waals surface area (Å²) >= 11 is 0. The summed E-state index contributed by atoms with van der Waals surface area (Å²) in [6.07, 6.45) is 6.06. The molecule has 3 amide bonds. The maximum Gasteiger partial charge on any atom is 0.407 e. The van der Waals surface area contributed by atoms with Gasteiger partial charge in [-0.25, -0.2) is 4.79 Å². The molecule has 3 atom stereocenters. The SMILES string of the molecule is C[C@@H](CO)NC(=O)C[C@H]1CC=CCCC(=O)OC[C@H](CCCCNC(=O)OCc2ccccc2)NC1=O. The summed E-state index contributed by atoms with van der Waals surface area (Å²) in [5.41, 5.74) is 0.902. The summed E-state index contributed by atoms with van der Waals surface area (Å²) in [5.74, 6) is -1.52. The number of rotatable bonds is 11. The van der Waals surface area contributed by atoms with Crippen LogP contribution in [-0.2, 0) is 30.5 Å². The van der Waals surface area contributed by atoms with Crippen molar-refractivity contribution < 1.29 is 33.8 Å². The maximum absolute atomic E-state index is 13.0. The number of unbranched alkanes of at least 4 members (excludes halogenated alkanes) is 1. The Morgan fingerprint density at radius 3 is 2.73 bits per heavy atom. The quantitative estimate of drug-likeness (QED) is 0.200. The number of aliphatic hydroxyl groups is 1. The van der Waals surface area contributed by atoms with Crippen molar-refractivity contribution in [2.45, 2.75) is 70.6 Å². The molecule has 0 radical (unpaired) electrons. The van der Waals surface area contributed by atoms with Gasteiger partial charge in [-0.2, -0.15) is 0 Å². The Morgan fingerprint density at radius 1 is 1.19 bits per heavy atom. The predicted molar refractivity (Wildman–Crippen MR) is 137 cm³/mol. The third-order valence-electron chi connectivity index (χ3n) is 5.84. The van der Waals surface area contributed by atoms with Gasteiger partial charge in [-0.05, 0) is 44.6 Å². The highest BCUT2D eigenvalue weighted by Crippen LogP contribution is 2.14. The van der Waals surface area contributed by atoms with Crippen LogP contribution in [0.5, 0.6) is 0 Å². The van der Waals surface area contributed by atoms with Crippen LogP contribution in [0, 0.1) is 5.92 Å². The van der Waals surface area contributed by atoms with Crippen molar-refractivity contribution in [3.8, 4) is 0 Å². The first-order valence-corrected chi connectivity index (χ1v) is 12.8. The fourth-order valence-electron chi connectivity index (χ4n) is 3.73. The van der Waals surface area contributed by atoms with Gasteiger partial charge in [0.15, 0.2) is 0 Å². The molecule has 0 saturated heterocycles. The Kier molecular flexibility index (Phi) is 13.8. The van der Waals surface area contributed by atoms with Gasteiger partial charge >= 0.3 is 12.1 Å². The van der Waals surface area contributed by atoms with Crippen molar-refractivity contribution in [1.29, 1.82) is 0 Å². The van der Waals surface area contributed by atoms with Crippen LogP contribution in [0.3, 0.4) is 0 Å². The minimum atomic E-state index is -0.583. The Bertz CT molecular complexity index is 891. The van der Waals surface area contributed by atoms with Gasteiger partial charge in [-0.3, -0.25) is 14.4 Å². The molecule has 1 aromatic rings. The molecule has 0 saturated carbocycles. The lowest BCUT2D eigenvalue weighted by molar-refractivity contribution is -0.145. The molecule has 4 N–H and O–H groups in total. The third-order valence-corrected chi connectivity index (χ3v) is 5.84. The van der Waals surface area contributed by atoms with Gasteiger partial charge in [-0.15, -0.1) is 0 Å². The third kappa shape index (κ3) is 12.9. The Hall–Kier alpha value is -3.40. The molecular weight excluding hydrogens is 478 g/mol. The van der Waals surface area contributed by atoms with E-state index in [-0.39, 0.29) is 50.4 Å². The topological polar surface area (TPSA) is 143 Å². The number of esters is 1. The van der Waals surface area contributed by atoms with Gasteiger partial charge < -0.3 is 30.5 Å². The molecule has 10 heteroatoms. The van der Waals surface area contributed by atoms with Crippen LogP contribution in [0.1, 0.15) is 57.4 Å². The summed E-state index contributed by atoms with van der Waals surface area (Å²) in [6, 6.07) is 8.59. The minimum Gasteiger partial charge on any atom is -0.463 e. The van der Waals surface area contributed by atoms with E-state index in [0.29, 0.717) is 38.6 Å². The molecule has 1 heterocycles. The number of hydrogen-bond acceptors (Lipinski definition) is 7. The zero-order chi connectivity index (χ0) is 26.9. The number of alkyl carbamates (subject to hydrolysis) is 1. The second-order valence-electron chi connectivity index (χ2n) is 9.17. The van der Waals surface area contributed by atoms with E-state index in [1.165, 1.54) is 0 Å². The number of carbonyl (C=O) groups excluding carboxylic acids is 4. The number of benzene rings is 1. The van der Waals surface area contributed by atoms with E-state index in [1.807, 2.05) is 36.4 Å². The fourth-order valence-corrected chi connectivity index (χ4v) is 3.73. The molecular formula is C27H39N3O7. The van der Waals surface area contributed by atoms with E-state index >= 15 is 0 Å². The molecule has 2 rings (SSSR count). The lowest BCUT2D eigenvalue weighted by Crippen LogP contribution is -2.44. The van der Waals surface area contributed by atoms with Crippen molar-refractivity contribution >= 4 is 23.9 Å². The average molecular weight is 518 g/mol. The van der Waals surface area contributed by atoms with E-state index in [0.717, 1.165) is 5.56 Å². The number of amides is 3. The van der Waals surface area contributed by atoms with Crippen molar-refractivity contribution in [1.82, 2.24) is 16.0 Å². The Balaban J connectivity index is 1.82. The first-order chi connectivity index (χ1) is 17.9. The summed E-state index contributed by atoms with van der Waals surface area (Å²) in [5, 5.41) is 17.5. The zero-order valence-electron chi connectivity index (χ0n) is 21.4. The Labute approximate surface area is 218 Å². The molecule has 0 bridgehead atoms. The second kappa shape index (κ2) is 17.1. The summed E-state index contributed by atoms with van der Waals surface area (Å²) in [6.45, 7) is 2.14. The smallest absolute Gasteiger partial charge is 0.407 e. The monoisotopic (exact) mass is 517 g/mol. The minimum absolute atomic E-state index is 0.0119. The van der Waals surface area contributed by atoms with Crippen molar-refractivity contribution in [3.63, 3.8) is 0 Å². The number of carbonyl (C=O) groups is 4. The first kappa shape index (κ1) is 29.8. The highest BCUT2D eigenvalue weighted by atomic mass is 16.5. The summed E-state index contributed by atoms with van der Waals surface area (Å²) < 4.78 is 10.5. The van der Waals surface area contributed by atoms with Gasteiger partial charge in [0.05, 0.1) is 18.6 Å². The highest BCUT2D eigenvalue weighted by molar-refractivity contribution is 5.86. The highest BCUT2D eigenvalue weighted by Gasteiger charge is 2.25. The van der Waals surface area contributed by atoms with E-state index in [1.54, 1.807) is 13.0 Å². The predicted octanol–water partition coefficient (Wildman–Crippen LogP) is 2.35. The van der Waals surface area contributed by atoms with Gasteiger partial charge in [0, 0.05) is 25.4 Å². The molecule has 0 fully saturated rings. The standard InChI is InChI=1S/C27H39N3O7/c1-20(17-31)29-24(32)16-22-12-6-3-7-14-25(33)36-19-23(30-26(22)34)13-8-9-15-28-27(35)37-18-21-10-4-2-5-11-21/h2-6,10-11,20,22-23,31H,7-9,12-19H2,1H3,(H,28,35)(H,29,32)(H,30,34)/t20-,22+,23-/m0/s1. The van der Waals surface area contributed by atoms with E-state index in [9.17, 15) is 19.2 Å². The zero-order valence-corrected chi connectivity index (χ0v) is 21.4. The Morgan fingerprint density at radius 2 is 1.97 bits per heavy atom. The van der Waals surface area contributed by atoms with Crippen molar-refractivity contribution in [2.24, 2.45) is 5.92 Å². The van der Waals surface area contributed by atoms with Gasteiger partial charge in [-0.1, -0.05) is 42.5 Å². The second-order valence-corrected chi connectivity index (χ2v) is 9.17. The average Bonchev–Trinajstić information content (AvgIpc) is 2.89. The van der Waals surface area contributed by atoms with E-state index in [4.69, 9.17) is 14.6 Å². The van der Waals surface area contributed by atoms with Gasteiger partial charge in [0.25, 0.3) is 0 Å². The summed E-state index contributed by atoms with van der Waals surface area (Å²) in [7, 11) is 0. The first-order valence-electron chi connectivity index (χ1n) is 12.8. The number of hydrogen-bond donors (Lipinski definition) is 4. The molecule has 0 unspecified atom stereocenters. The molecule has 1 aromatic carbocycles. The molecule has 10 nitrogen and oxygen atoms in total. The molecule has 0 aliphatic carbocycles. The van der Waals surface area contributed by atoms with Crippen LogP contribution in [-0.4, -0.2) is 60.8 Å². The number of nitrogens with one attached hydrogen (secondary N) is 3. The van der Waals surface area contributed by atoms with Crippen LogP contribution < -0.4 is 16.0 Å². The van der Waals surface area contributed by atoms with Crippen LogP contribution in [0.15, 0.2) is 42.5 Å². The van der Waals surface area contributed by atoms with Crippen LogP contribution in [0.2, 0.25) is 0 Å². The van der Waals surface area contributed by atoms with Gasteiger partial charge in [0.2, 0.25) is 11.8 Å². The largest absolute Gasteiger partial charge is 0.463 e. The lowest BCUT2D eigenvalue weighted by atomic mass is 9.97. The number of allylic oxidation sites excluding steroid dienone is 2. The van der Waals surface area contributed by atoms with Crippen molar-refractivity contribution in [2.75, 3.05) is 19.8 Å². The molecule has 1 aliphatic rings. The normalized spacial score (nSPS) is 19.4. The number of ether oxygens (including phenoxy) is 2. The molecule has 0 aromatic heterocycles. The molecule has 0 spiro atoms.